The first-order valence-electron chi connectivity index (χ1n) is 3.61. The largest absolute Gasteiger partial charge is 1.00 e. The molecule has 0 saturated carbocycles. The Bertz CT molecular complexity index is 292. The fourth-order valence-corrected chi connectivity index (χ4v) is 1.07. The fourth-order valence-electron chi connectivity index (χ4n) is 1.07. The van der Waals surface area contributed by atoms with Gasteiger partial charge in [-0.15, -0.1) is 22.8 Å². The van der Waals surface area contributed by atoms with Crippen molar-refractivity contribution in [2.45, 2.75) is 20.8 Å². The molecule has 0 aliphatic carbocycles. The first-order chi connectivity index (χ1) is 5.16. The Hall–Kier alpha value is -0.110. The van der Waals surface area contributed by atoms with Crippen LogP contribution in [0.3, 0.4) is 0 Å². The van der Waals surface area contributed by atoms with Crippen LogP contribution in [0.25, 0.3) is 0 Å². The summed E-state index contributed by atoms with van der Waals surface area (Å²) in [7, 11) is 0. The predicted molar refractivity (Wildman–Crippen MR) is 45.4 cm³/mol. The minimum atomic E-state index is 0. The Labute approximate surface area is 95.5 Å². The molecule has 0 fully saturated rings. The van der Waals surface area contributed by atoms with Crippen LogP contribution in [0, 0.1) is 20.8 Å². The van der Waals surface area contributed by atoms with Gasteiger partial charge in [0.15, 0.2) is 0 Å². The maximum atomic E-state index is 10.4. The van der Waals surface area contributed by atoms with E-state index >= 15 is 0 Å². The van der Waals surface area contributed by atoms with Gasteiger partial charge < -0.3 is 4.79 Å². The third-order valence-corrected chi connectivity index (χ3v) is 2.17. The zero-order valence-electron chi connectivity index (χ0n) is 8.06. The summed E-state index contributed by atoms with van der Waals surface area (Å²) >= 11 is 0. The Kier molecular flexibility index (Phi) is 4.76. The summed E-state index contributed by atoms with van der Waals surface area (Å²) < 4.78 is 0. The molecule has 1 rings (SSSR count). The van der Waals surface area contributed by atoms with Crippen LogP contribution in [0.4, 0.5) is 0 Å². The fraction of sp³-hybridized carbons (Fsp3) is 0.300. The minimum absolute atomic E-state index is 0. The van der Waals surface area contributed by atoms with Gasteiger partial charge in [-0.25, -0.2) is 0 Å². The SMILES string of the molecule is Cc1ccc([C-]=O)c(C)c1C.[Na+]. The predicted octanol–water partition coefficient (Wildman–Crippen LogP) is -0.926. The van der Waals surface area contributed by atoms with Crippen LogP contribution in [0.15, 0.2) is 12.1 Å². The third kappa shape index (κ3) is 2.19. The summed E-state index contributed by atoms with van der Waals surface area (Å²) in [6, 6.07) is 3.76. The standard InChI is InChI=1S/C10H11O.Na/c1-7-4-5-10(6-11)9(3)8(7)2;/h4-5H,1-3H3;/q-1;+1. The molecule has 0 atom stereocenters. The van der Waals surface area contributed by atoms with Crippen molar-refractivity contribution >= 4 is 6.29 Å². The summed E-state index contributed by atoms with van der Waals surface area (Å²) in [4.78, 5) is 10.4. The van der Waals surface area contributed by atoms with Gasteiger partial charge in [0.2, 0.25) is 0 Å². The minimum Gasteiger partial charge on any atom is -0.376 e. The van der Waals surface area contributed by atoms with E-state index in [-0.39, 0.29) is 29.6 Å². The van der Waals surface area contributed by atoms with E-state index in [0.717, 1.165) is 5.56 Å². The van der Waals surface area contributed by atoms with E-state index in [9.17, 15) is 4.79 Å². The van der Waals surface area contributed by atoms with E-state index in [2.05, 4.69) is 0 Å². The van der Waals surface area contributed by atoms with Crippen molar-refractivity contribution < 1.29 is 34.4 Å². The number of rotatable bonds is 1. The molecular weight excluding hydrogens is 159 g/mol. The zero-order chi connectivity index (χ0) is 8.43. The van der Waals surface area contributed by atoms with Crippen LogP contribution in [0.2, 0.25) is 0 Å². The maximum Gasteiger partial charge on any atom is 1.00 e. The molecule has 58 valence electrons. The van der Waals surface area contributed by atoms with Gasteiger partial charge >= 0.3 is 29.6 Å². The normalized spacial score (nSPS) is 8.92. The van der Waals surface area contributed by atoms with Gasteiger partial charge in [0.1, 0.15) is 0 Å². The van der Waals surface area contributed by atoms with Gasteiger partial charge in [-0.3, -0.25) is 0 Å². The molecule has 0 amide bonds. The first-order valence-corrected chi connectivity index (χ1v) is 3.61. The van der Waals surface area contributed by atoms with Crippen LogP contribution < -0.4 is 29.6 Å². The van der Waals surface area contributed by atoms with Crippen LogP contribution in [-0.4, -0.2) is 6.29 Å². The summed E-state index contributed by atoms with van der Waals surface area (Å²) in [5, 5.41) is 0. The molecular formula is C10H11NaO. The topological polar surface area (TPSA) is 17.1 Å². The maximum absolute atomic E-state index is 10.4. The Balaban J connectivity index is 0.00000121. The van der Waals surface area contributed by atoms with Crippen molar-refractivity contribution in [3.05, 3.63) is 34.4 Å². The molecule has 1 aromatic carbocycles. The molecule has 0 spiro atoms. The zero-order valence-corrected chi connectivity index (χ0v) is 10.1. The van der Waals surface area contributed by atoms with Gasteiger partial charge in [0, 0.05) is 0 Å². The molecule has 1 nitrogen and oxygen atoms in total. The van der Waals surface area contributed by atoms with Crippen molar-refractivity contribution in [3.8, 4) is 0 Å². The van der Waals surface area contributed by atoms with Gasteiger partial charge in [-0.1, -0.05) is 19.4 Å². The van der Waals surface area contributed by atoms with Crippen LogP contribution >= 0.6 is 0 Å². The molecule has 2 heteroatoms. The van der Waals surface area contributed by atoms with Gasteiger partial charge in [-0.2, -0.15) is 6.07 Å². The molecule has 0 heterocycles. The van der Waals surface area contributed by atoms with Crippen molar-refractivity contribution in [2.24, 2.45) is 0 Å². The number of benzene rings is 1. The van der Waals surface area contributed by atoms with E-state index < -0.39 is 0 Å². The van der Waals surface area contributed by atoms with Crippen molar-refractivity contribution in [2.75, 3.05) is 0 Å². The molecule has 0 saturated heterocycles. The molecule has 0 aliphatic heterocycles. The summed E-state index contributed by atoms with van der Waals surface area (Å²) in [6.07, 6.45) is 1.91. The second-order valence-electron chi connectivity index (χ2n) is 2.78. The van der Waals surface area contributed by atoms with E-state index in [4.69, 9.17) is 0 Å². The summed E-state index contributed by atoms with van der Waals surface area (Å²) in [5.74, 6) is 0. The van der Waals surface area contributed by atoms with Crippen LogP contribution in [0.5, 0.6) is 0 Å². The third-order valence-electron chi connectivity index (χ3n) is 2.17. The van der Waals surface area contributed by atoms with Gasteiger partial charge in [-0.05, 0) is 6.92 Å². The molecule has 0 bridgehead atoms. The van der Waals surface area contributed by atoms with Crippen molar-refractivity contribution in [3.63, 3.8) is 0 Å². The number of aryl methyl sites for hydroxylation is 1. The van der Waals surface area contributed by atoms with Crippen LogP contribution in [-0.2, 0) is 4.79 Å². The smallest absolute Gasteiger partial charge is 0.376 e. The average Bonchev–Trinajstić information content (AvgIpc) is 2.01. The van der Waals surface area contributed by atoms with Gasteiger partial charge in [0.05, 0.1) is 6.29 Å². The number of carbonyl (C=O) groups excluding carboxylic acids is 1. The molecule has 12 heavy (non-hydrogen) atoms. The Morgan fingerprint density at radius 1 is 1.08 bits per heavy atom. The first kappa shape index (κ1) is 11.9. The van der Waals surface area contributed by atoms with Crippen molar-refractivity contribution in [1.82, 2.24) is 0 Å². The summed E-state index contributed by atoms with van der Waals surface area (Å²) in [6.45, 7) is 6.00. The molecule has 1 aromatic rings. The Morgan fingerprint density at radius 2 is 1.67 bits per heavy atom. The molecule has 0 N–H and O–H groups in total. The molecule has 0 unspecified atom stereocenters. The van der Waals surface area contributed by atoms with E-state index in [1.807, 2.05) is 39.2 Å². The second-order valence-corrected chi connectivity index (χ2v) is 2.78. The van der Waals surface area contributed by atoms with E-state index in [0.29, 0.717) is 5.56 Å². The summed E-state index contributed by atoms with van der Waals surface area (Å²) in [5.41, 5.74) is 4.13. The quantitative estimate of drug-likeness (QED) is 0.393. The average molecular weight is 170 g/mol. The van der Waals surface area contributed by atoms with Crippen LogP contribution in [0.1, 0.15) is 22.3 Å². The van der Waals surface area contributed by atoms with E-state index in [1.54, 1.807) is 0 Å². The molecule has 0 aliphatic rings. The van der Waals surface area contributed by atoms with Gasteiger partial charge in [0.25, 0.3) is 0 Å². The molecule has 0 aromatic heterocycles. The Morgan fingerprint density at radius 3 is 2.17 bits per heavy atom. The van der Waals surface area contributed by atoms with E-state index in [1.165, 1.54) is 11.1 Å². The second kappa shape index (κ2) is 4.80. The number of hydrogen-bond donors (Lipinski definition) is 0. The monoisotopic (exact) mass is 170 g/mol. The number of hydrogen-bond acceptors (Lipinski definition) is 1. The van der Waals surface area contributed by atoms with Crippen molar-refractivity contribution in [1.29, 1.82) is 0 Å². The molecule has 0 radical (unpaired) electrons.